The molecule has 0 saturated carbocycles. The molecule has 1 N–H and O–H groups in total. The molecule has 1 amide bonds. The SMILES string of the molecule is COc1ccc(-n2nnc(C(=O)NC(c3ccccc3)C(C)(C)C)c2C)cc1. The summed E-state index contributed by atoms with van der Waals surface area (Å²) in [5, 5.41) is 11.4. The van der Waals surface area contributed by atoms with Crippen molar-refractivity contribution in [3.05, 3.63) is 71.5 Å². The minimum atomic E-state index is -0.235. The highest BCUT2D eigenvalue weighted by atomic mass is 16.5. The average molecular weight is 378 g/mol. The Morgan fingerprint density at radius 1 is 1.07 bits per heavy atom. The van der Waals surface area contributed by atoms with Gasteiger partial charge in [0.25, 0.3) is 5.91 Å². The topological polar surface area (TPSA) is 69.0 Å². The van der Waals surface area contributed by atoms with Crippen LogP contribution in [0.1, 0.15) is 48.6 Å². The van der Waals surface area contributed by atoms with E-state index < -0.39 is 0 Å². The molecule has 0 aliphatic heterocycles. The highest BCUT2D eigenvalue weighted by molar-refractivity contribution is 5.93. The molecule has 3 aromatic rings. The summed E-state index contributed by atoms with van der Waals surface area (Å²) < 4.78 is 6.84. The van der Waals surface area contributed by atoms with E-state index in [0.29, 0.717) is 11.4 Å². The molecule has 3 rings (SSSR count). The van der Waals surface area contributed by atoms with Gasteiger partial charge < -0.3 is 10.1 Å². The third-order valence-corrected chi connectivity index (χ3v) is 4.70. The van der Waals surface area contributed by atoms with Crippen molar-refractivity contribution in [2.45, 2.75) is 33.7 Å². The number of benzene rings is 2. The monoisotopic (exact) mass is 378 g/mol. The van der Waals surface area contributed by atoms with Crippen molar-refractivity contribution in [2.24, 2.45) is 5.41 Å². The molecule has 1 aromatic heterocycles. The molecule has 1 heterocycles. The van der Waals surface area contributed by atoms with Crippen LogP contribution in [-0.2, 0) is 0 Å². The van der Waals surface area contributed by atoms with Crippen LogP contribution in [0, 0.1) is 12.3 Å². The Hall–Kier alpha value is -3.15. The first-order valence-electron chi connectivity index (χ1n) is 9.24. The van der Waals surface area contributed by atoms with Crippen LogP contribution in [0.15, 0.2) is 54.6 Å². The summed E-state index contributed by atoms with van der Waals surface area (Å²) in [5.41, 5.74) is 2.73. The minimum Gasteiger partial charge on any atom is -0.497 e. The molecule has 0 fully saturated rings. The lowest BCUT2D eigenvalue weighted by molar-refractivity contribution is 0.0896. The van der Waals surface area contributed by atoms with Gasteiger partial charge in [0.2, 0.25) is 0 Å². The van der Waals surface area contributed by atoms with E-state index in [1.54, 1.807) is 11.8 Å². The van der Waals surface area contributed by atoms with Gasteiger partial charge in [-0.25, -0.2) is 4.68 Å². The summed E-state index contributed by atoms with van der Waals surface area (Å²) in [6.07, 6.45) is 0. The Morgan fingerprint density at radius 2 is 1.71 bits per heavy atom. The quantitative estimate of drug-likeness (QED) is 0.726. The number of nitrogens with zero attached hydrogens (tertiary/aromatic N) is 3. The predicted octanol–water partition coefficient (Wildman–Crippen LogP) is 4.10. The summed E-state index contributed by atoms with van der Waals surface area (Å²) in [6.45, 7) is 8.15. The van der Waals surface area contributed by atoms with E-state index >= 15 is 0 Å². The fourth-order valence-electron chi connectivity index (χ4n) is 3.15. The van der Waals surface area contributed by atoms with Gasteiger partial charge in [-0.3, -0.25) is 4.79 Å². The zero-order valence-corrected chi connectivity index (χ0v) is 16.9. The molecule has 0 aliphatic rings. The van der Waals surface area contributed by atoms with Gasteiger partial charge in [-0.1, -0.05) is 56.3 Å². The van der Waals surface area contributed by atoms with E-state index in [2.05, 4.69) is 36.4 Å². The maximum atomic E-state index is 13.0. The zero-order chi connectivity index (χ0) is 20.3. The Kier molecular flexibility index (Phi) is 5.49. The number of nitrogens with one attached hydrogen (secondary N) is 1. The molecule has 1 unspecified atom stereocenters. The van der Waals surface area contributed by atoms with Crippen molar-refractivity contribution in [3.8, 4) is 11.4 Å². The van der Waals surface area contributed by atoms with Crippen LogP contribution in [0.2, 0.25) is 0 Å². The number of carbonyl (C=O) groups is 1. The summed E-state index contributed by atoms with van der Waals surface area (Å²) >= 11 is 0. The molecular formula is C22H26N4O2. The van der Waals surface area contributed by atoms with Crippen LogP contribution in [0.4, 0.5) is 0 Å². The van der Waals surface area contributed by atoms with Gasteiger partial charge in [0.15, 0.2) is 5.69 Å². The van der Waals surface area contributed by atoms with Crippen molar-refractivity contribution in [1.29, 1.82) is 0 Å². The van der Waals surface area contributed by atoms with Crippen molar-refractivity contribution in [1.82, 2.24) is 20.3 Å². The number of methoxy groups -OCH3 is 1. The second kappa shape index (κ2) is 7.84. The molecule has 1 atom stereocenters. The van der Waals surface area contributed by atoms with Gasteiger partial charge in [0, 0.05) is 0 Å². The highest BCUT2D eigenvalue weighted by Crippen LogP contribution is 2.33. The number of ether oxygens (including phenoxy) is 1. The second-order valence-electron chi connectivity index (χ2n) is 7.82. The molecule has 28 heavy (non-hydrogen) atoms. The van der Waals surface area contributed by atoms with Gasteiger partial charge in [-0.05, 0) is 42.2 Å². The Bertz CT molecular complexity index is 941. The maximum Gasteiger partial charge on any atom is 0.274 e. The fraction of sp³-hybridized carbons (Fsp3) is 0.318. The molecule has 0 radical (unpaired) electrons. The summed E-state index contributed by atoms with van der Waals surface area (Å²) in [6, 6.07) is 17.3. The van der Waals surface area contributed by atoms with Crippen molar-refractivity contribution < 1.29 is 9.53 Å². The molecule has 0 bridgehead atoms. The van der Waals surface area contributed by atoms with E-state index in [1.165, 1.54) is 0 Å². The summed E-state index contributed by atoms with van der Waals surface area (Å²) in [5.74, 6) is 0.524. The van der Waals surface area contributed by atoms with Crippen molar-refractivity contribution >= 4 is 5.91 Å². The van der Waals surface area contributed by atoms with Crippen molar-refractivity contribution in [3.63, 3.8) is 0 Å². The highest BCUT2D eigenvalue weighted by Gasteiger charge is 2.29. The van der Waals surface area contributed by atoms with Gasteiger partial charge in [-0.15, -0.1) is 5.10 Å². The largest absolute Gasteiger partial charge is 0.497 e. The normalized spacial score (nSPS) is 12.5. The van der Waals surface area contributed by atoms with E-state index in [9.17, 15) is 4.79 Å². The molecule has 0 spiro atoms. The molecule has 6 nitrogen and oxygen atoms in total. The van der Waals surface area contributed by atoms with E-state index in [0.717, 1.165) is 17.0 Å². The van der Waals surface area contributed by atoms with Crippen LogP contribution in [0.25, 0.3) is 5.69 Å². The van der Waals surface area contributed by atoms with Crippen LogP contribution in [-0.4, -0.2) is 28.0 Å². The lowest BCUT2D eigenvalue weighted by Gasteiger charge is -2.31. The Morgan fingerprint density at radius 3 is 2.29 bits per heavy atom. The first-order chi connectivity index (χ1) is 13.3. The number of carbonyl (C=O) groups excluding carboxylic acids is 1. The molecule has 0 aliphatic carbocycles. The van der Waals surface area contributed by atoms with Crippen LogP contribution >= 0.6 is 0 Å². The summed E-state index contributed by atoms with van der Waals surface area (Å²) in [7, 11) is 1.62. The number of hydrogen-bond acceptors (Lipinski definition) is 4. The number of rotatable bonds is 5. The molecule has 0 saturated heterocycles. The fourth-order valence-corrected chi connectivity index (χ4v) is 3.15. The smallest absolute Gasteiger partial charge is 0.274 e. The minimum absolute atomic E-state index is 0.147. The number of hydrogen-bond donors (Lipinski definition) is 1. The van der Waals surface area contributed by atoms with Gasteiger partial charge in [0.1, 0.15) is 5.75 Å². The van der Waals surface area contributed by atoms with Gasteiger partial charge >= 0.3 is 0 Å². The third kappa shape index (κ3) is 4.06. The van der Waals surface area contributed by atoms with Gasteiger partial charge in [-0.2, -0.15) is 0 Å². The van der Waals surface area contributed by atoms with E-state index in [1.807, 2.05) is 61.5 Å². The van der Waals surface area contributed by atoms with Crippen molar-refractivity contribution in [2.75, 3.05) is 7.11 Å². The maximum absolute atomic E-state index is 13.0. The average Bonchev–Trinajstić information content (AvgIpc) is 3.07. The lowest BCUT2D eigenvalue weighted by Crippen LogP contribution is -2.37. The predicted molar refractivity (Wildman–Crippen MR) is 109 cm³/mol. The molecule has 146 valence electrons. The number of amides is 1. The second-order valence-corrected chi connectivity index (χ2v) is 7.82. The lowest BCUT2D eigenvalue weighted by atomic mass is 9.82. The van der Waals surface area contributed by atoms with Crippen LogP contribution in [0.3, 0.4) is 0 Å². The standard InChI is InChI=1S/C22H26N4O2/c1-15-19(24-25-26(15)17-11-13-18(28-5)14-12-17)21(27)23-20(22(2,3)4)16-9-7-6-8-10-16/h6-14,20H,1-5H3,(H,23,27). The summed E-state index contributed by atoms with van der Waals surface area (Å²) in [4.78, 5) is 13.0. The Balaban J connectivity index is 1.87. The van der Waals surface area contributed by atoms with Crippen LogP contribution in [0.5, 0.6) is 5.75 Å². The first-order valence-corrected chi connectivity index (χ1v) is 9.24. The van der Waals surface area contributed by atoms with E-state index in [-0.39, 0.29) is 17.4 Å². The molecular weight excluding hydrogens is 352 g/mol. The Labute approximate surface area is 165 Å². The molecule has 6 heteroatoms. The third-order valence-electron chi connectivity index (χ3n) is 4.70. The first kappa shape index (κ1) is 19.6. The van der Waals surface area contributed by atoms with Crippen LogP contribution < -0.4 is 10.1 Å². The van der Waals surface area contributed by atoms with Gasteiger partial charge in [0.05, 0.1) is 24.5 Å². The number of aromatic nitrogens is 3. The van der Waals surface area contributed by atoms with E-state index in [4.69, 9.17) is 4.74 Å². The molecule has 2 aromatic carbocycles. The zero-order valence-electron chi connectivity index (χ0n) is 16.9.